The van der Waals surface area contributed by atoms with Crippen molar-refractivity contribution >= 4 is 7.60 Å². The number of hydrogen-bond acceptors (Lipinski definition) is 3. The number of hydrogen-bond donors (Lipinski definition) is 0. The van der Waals surface area contributed by atoms with Gasteiger partial charge in [-0.25, -0.2) is 0 Å². The van der Waals surface area contributed by atoms with E-state index in [-0.39, 0.29) is 5.16 Å². The summed E-state index contributed by atoms with van der Waals surface area (Å²) >= 11 is 0. The first kappa shape index (κ1) is 8.25. The topological polar surface area (TPSA) is 35.5 Å². The van der Waals surface area contributed by atoms with Crippen molar-refractivity contribution in [3.8, 4) is 0 Å². The van der Waals surface area contributed by atoms with E-state index >= 15 is 0 Å². The van der Waals surface area contributed by atoms with Crippen molar-refractivity contribution in [2.45, 2.75) is 24.9 Å². The van der Waals surface area contributed by atoms with Gasteiger partial charge in [-0.05, 0) is 19.8 Å². The maximum atomic E-state index is 11.6. The molecule has 0 N–H and O–H groups in total. The summed E-state index contributed by atoms with van der Waals surface area (Å²) in [7, 11) is 0.123. The molecule has 1 aliphatic carbocycles. The molecule has 0 radical (unpaired) electrons. The lowest BCUT2D eigenvalue weighted by molar-refractivity contribution is 0.264. The predicted molar refractivity (Wildman–Crippen MR) is 39.3 cm³/mol. The lowest BCUT2D eigenvalue weighted by Crippen LogP contribution is -2.06. The molecule has 0 spiro atoms. The van der Waals surface area contributed by atoms with Gasteiger partial charge in [-0.3, -0.25) is 4.57 Å². The highest BCUT2D eigenvalue weighted by atomic mass is 31.2. The molecule has 1 aliphatic rings. The molecule has 1 saturated carbocycles. The normalized spacial score (nSPS) is 22.7. The van der Waals surface area contributed by atoms with Crippen molar-refractivity contribution < 1.29 is 13.6 Å². The molecule has 0 amide bonds. The predicted octanol–water partition coefficient (Wildman–Crippen LogP) is 2.02. The number of rotatable bonds is 3. The van der Waals surface area contributed by atoms with Gasteiger partial charge in [0, 0.05) is 14.2 Å². The molecule has 10 heavy (non-hydrogen) atoms. The third-order valence-electron chi connectivity index (χ3n) is 2.12. The van der Waals surface area contributed by atoms with E-state index in [9.17, 15) is 4.57 Å². The molecule has 1 fully saturated rings. The molecule has 0 aliphatic heterocycles. The molecule has 0 bridgehead atoms. The summed E-state index contributed by atoms with van der Waals surface area (Å²) in [5.74, 6) is 0. The van der Waals surface area contributed by atoms with Crippen LogP contribution in [0.25, 0.3) is 0 Å². The Labute approximate surface area is 61.2 Å². The van der Waals surface area contributed by atoms with Gasteiger partial charge in [0.05, 0.1) is 5.16 Å². The quantitative estimate of drug-likeness (QED) is 0.598. The molecule has 0 atom stereocenters. The fourth-order valence-corrected chi connectivity index (χ4v) is 2.66. The molecule has 0 saturated heterocycles. The average molecular weight is 164 g/mol. The van der Waals surface area contributed by atoms with E-state index in [0.29, 0.717) is 0 Å². The molecular weight excluding hydrogens is 151 g/mol. The van der Waals surface area contributed by atoms with E-state index < -0.39 is 7.60 Å². The first-order valence-corrected chi connectivity index (χ1v) is 4.84. The van der Waals surface area contributed by atoms with Crippen LogP contribution < -0.4 is 0 Å². The second-order valence-corrected chi connectivity index (χ2v) is 5.66. The maximum Gasteiger partial charge on any atom is 0.335 e. The second kappa shape index (κ2) is 2.33. The van der Waals surface area contributed by atoms with Crippen LogP contribution in [0.4, 0.5) is 0 Å². The third kappa shape index (κ3) is 1.03. The Balaban J connectivity index is 2.74. The van der Waals surface area contributed by atoms with Gasteiger partial charge in [-0.15, -0.1) is 0 Å². The van der Waals surface area contributed by atoms with Crippen LogP contribution in [0.5, 0.6) is 0 Å². The van der Waals surface area contributed by atoms with Gasteiger partial charge in [0.2, 0.25) is 0 Å². The molecule has 1 rings (SSSR count). The van der Waals surface area contributed by atoms with Crippen molar-refractivity contribution in [1.29, 1.82) is 0 Å². The molecule has 60 valence electrons. The minimum absolute atomic E-state index is 0.184. The van der Waals surface area contributed by atoms with Gasteiger partial charge in [0.15, 0.2) is 0 Å². The van der Waals surface area contributed by atoms with Crippen LogP contribution in [0, 0.1) is 0 Å². The third-order valence-corrected chi connectivity index (χ3v) is 4.85. The van der Waals surface area contributed by atoms with Gasteiger partial charge in [-0.1, -0.05) is 0 Å². The monoisotopic (exact) mass is 164 g/mol. The van der Waals surface area contributed by atoms with Crippen molar-refractivity contribution in [2.75, 3.05) is 14.2 Å². The largest absolute Gasteiger partial charge is 0.335 e. The Morgan fingerprint density at radius 3 is 1.80 bits per heavy atom. The maximum absolute atomic E-state index is 11.6. The first-order chi connectivity index (χ1) is 4.58. The van der Waals surface area contributed by atoms with Gasteiger partial charge in [0.1, 0.15) is 0 Å². The smallest absolute Gasteiger partial charge is 0.312 e. The molecule has 0 aromatic heterocycles. The first-order valence-electron chi connectivity index (χ1n) is 3.29. The summed E-state index contributed by atoms with van der Waals surface area (Å²) in [5, 5.41) is -0.184. The highest BCUT2D eigenvalue weighted by molar-refractivity contribution is 7.56. The van der Waals surface area contributed by atoms with E-state index in [1.807, 2.05) is 6.92 Å². The zero-order valence-electron chi connectivity index (χ0n) is 6.59. The van der Waals surface area contributed by atoms with E-state index in [4.69, 9.17) is 9.05 Å². The minimum atomic E-state index is -2.75. The van der Waals surface area contributed by atoms with Crippen LogP contribution in [-0.2, 0) is 13.6 Å². The summed E-state index contributed by atoms with van der Waals surface area (Å²) in [4.78, 5) is 0. The fraction of sp³-hybridized carbons (Fsp3) is 1.00. The summed E-state index contributed by atoms with van der Waals surface area (Å²) < 4.78 is 21.3. The van der Waals surface area contributed by atoms with Crippen molar-refractivity contribution in [1.82, 2.24) is 0 Å². The van der Waals surface area contributed by atoms with Crippen LogP contribution in [0.3, 0.4) is 0 Å². The molecular formula is C6H13O3P. The SMILES string of the molecule is COP(=O)(OC)C1(C)CC1. The lowest BCUT2D eigenvalue weighted by Gasteiger charge is -2.19. The Morgan fingerprint density at radius 2 is 1.70 bits per heavy atom. The highest BCUT2D eigenvalue weighted by Gasteiger charge is 2.55. The Bertz CT molecular complexity index is 166. The average Bonchev–Trinajstić information content (AvgIpc) is 2.68. The molecule has 0 unspecified atom stereocenters. The van der Waals surface area contributed by atoms with Gasteiger partial charge in [-0.2, -0.15) is 0 Å². The summed E-state index contributed by atoms with van der Waals surface area (Å²) in [6.45, 7) is 1.93. The van der Waals surface area contributed by atoms with Crippen LogP contribution in [0.1, 0.15) is 19.8 Å². The van der Waals surface area contributed by atoms with Gasteiger partial charge in [0.25, 0.3) is 0 Å². The van der Waals surface area contributed by atoms with Crippen molar-refractivity contribution in [3.05, 3.63) is 0 Å². The zero-order chi connectivity index (χ0) is 7.83. The van der Waals surface area contributed by atoms with Crippen LogP contribution in [0.2, 0.25) is 0 Å². The fourth-order valence-electron chi connectivity index (χ4n) is 0.970. The van der Waals surface area contributed by atoms with E-state index in [1.165, 1.54) is 14.2 Å². The minimum Gasteiger partial charge on any atom is -0.312 e. The standard InChI is InChI=1S/C6H13O3P/c1-6(4-5-6)10(7,8-2)9-3/h4-5H2,1-3H3. The molecule has 3 nitrogen and oxygen atoms in total. The molecule has 0 aromatic carbocycles. The van der Waals surface area contributed by atoms with Crippen LogP contribution in [-0.4, -0.2) is 19.4 Å². The second-order valence-electron chi connectivity index (χ2n) is 2.86. The van der Waals surface area contributed by atoms with Crippen LogP contribution in [0.15, 0.2) is 0 Å². The molecule has 4 heteroatoms. The Morgan fingerprint density at radius 1 is 1.30 bits per heavy atom. The Hall–Kier alpha value is 0.150. The van der Waals surface area contributed by atoms with E-state index in [1.54, 1.807) is 0 Å². The van der Waals surface area contributed by atoms with Gasteiger partial charge >= 0.3 is 7.60 Å². The zero-order valence-corrected chi connectivity index (χ0v) is 7.48. The van der Waals surface area contributed by atoms with E-state index in [2.05, 4.69) is 0 Å². The molecule has 0 heterocycles. The summed E-state index contributed by atoms with van der Waals surface area (Å²) in [5.41, 5.74) is 0. The lowest BCUT2D eigenvalue weighted by atomic mass is 10.5. The van der Waals surface area contributed by atoms with Crippen molar-refractivity contribution in [2.24, 2.45) is 0 Å². The highest BCUT2D eigenvalue weighted by Crippen LogP contribution is 2.70. The van der Waals surface area contributed by atoms with Crippen molar-refractivity contribution in [3.63, 3.8) is 0 Å². The summed E-state index contributed by atoms with van der Waals surface area (Å²) in [6, 6.07) is 0. The Kier molecular flexibility index (Phi) is 1.92. The van der Waals surface area contributed by atoms with Gasteiger partial charge < -0.3 is 9.05 Å². The van der Waals surface area contributed by atoms with E-state index in [0.717, 1.165) is 12.8 Å². The summed E-state index contributed by atoms with van der Waals surface area (Å²) in [6.07, 6.45) is 1.90. The molecule has 0 aromatic rings. The van der Waals surface area contributed by atoms with Crippen LogP contribution >= 0.6 is 7.60 Å².